The molecule has 1 saturated heterocycles. The lowest BCUT2D eigenvalue weighted by Gasteiger charge is -2.08. The highest BCUT2D eigenvalue weighted by Gasteiger charge is 2.32. The third kappa shape index (κ3) is 2.00. The molecule has 15 heavy (non-hydrogen) atoms. The smallest absolute Gasteiger partial charge is 0.247 e. The zero-order valence-electron chi connectivity index (χ0n) is 8.47. The Balaban J connectivity index is 2.36. The fourth-order valence-electron chi connectivity index (χ4n) is 1.61. The molecule has 1 N–H and O–H groups in total. The minimum Gasteiger partial charge on any atom is -0.315 e. The lowest BCUT2D eigenvalue weighted by atomic mass is 10.4. The molecule has 2 heterocycles. The predicted octanol–water partition coefficient (Wildman–Crippen LogP) is -0.0794. The SMILES string of the molecule is Cc1ccnc(S(=O)(=O)C2CCNC2)n1. The summed E-state index contributed by atoms with van der Waals surface area (Å²) in [5, 5.41) is 2.61. The molecule has 1 fully saturated rings. The number of hydrogen-bond acceptors (Lipinski definition) is 5. The van der Waals surface area contributed by atoms with Gasteiger partial charge in [0.25, 0.3) is 0 Å². The van der Waals surface area contributed by atoms with Crippen LogP contribution in [0.4, 0.5) is 0 Å². The van der Waals surface area contributed by atoms with Crippen molar-refractivity contribution in [2.75, 3.05) is 13.1 Å². The second kappa shape index (κ2) is 3.86. The van der Waals surface area contributed by atoms with E-state index in [-0.39, 0.29) is 10.4 Å². The van der Waals surface area contributed by atoms with Crippen molar-refractivity contribution in [3.8, 4) is 0 Å². The van der Waals surface area contributed by atoms with E-state index < -0.39 is 9.84 Å². The molecule has 1 aliphatic heterocycles. The number of nitrogens with zero attached hydrogens (tertiary/aromatic N) is 2. The molecule has 6 heteroatoms. The molecular formula is C9H13N3O2S. The number of hydrogen-bond donors (Lipinski definition) is 1. The lowest BCUT2D eigenvalue weighted by molar-refractivity contribution is 0.573. The van der Waals surface area contributed by atoms with Crippen LogP contribution < -0.4 is 5.32 Å². The Hall–Kier alpha value is -1.01. The molecule has 2 rings (SSSR count). The normalized spacial score (nSPS) is 21.8. The molecule has 0 aliphatic carbocycles. The van der Waals surface area contributed by atoms with Crippen molar-refractivity contribution in [2.24, 2.45) is 0 Å². The van der Waals surface area contributed by atoms with Crippen molar-refractivity contribution in [3.05, 3.63) is 18.0 Å². The molecular weight excluding hydrogens is 214 g/mol. The van der Waals surface area contributed by atoms with Crippen LogP contribution in [0.1, 0.15) is 12.1 Å². The summed E-state index contributed by atoms with van der Waals surface area (Å²) < 4.78 is 24.0. The van der Waals surface area contributed by atoms with Crippen molar-refractivity contribution in [3.63, 3.8) is 0 Å². The molecule has 0 aromatic carbocycles. The maximum atomic E-state index is 12.0. The van der Waals surface area contributed by atoms with Gasteiger partial charge in [-0.15, -0.1) is 0 Å². The van der Waals surface area contributed by atoms with Gasteiger partial charge in [-0.05, 0) is 26.0 Å². The Bertz CT molecular complexity index is 452. The first-order chi connectivity index (χ1) is 7.10. The first-order valence-corrected chi connectivity index (χ1v) is 6.39. The van der Waals surface area contributed by atoms with E-state index in [1.807, 2.05) is 0 Å². The van der Waals surface area contributed by atoms with Gasteiger partial charge in [-0.2, -0.15) is 0 Å². The standard InChI is InChI=1S/C9H13N3O2S/c1-7-2-5-11-9(12-7)15(13,14)8-3-4-10-6-8/h2,5,8,10H,3-4,6H2,1H3. The minimum absolute atomic E-state index is 0.0452. The van der Waals surface area contributed by atoms with E-state index in [9.17, 15) is 8.42 Å². The van der Waals surface area contributed by atoms with Crippen LogP contribution in [-0.2, 0) is 9.84 Å². The van der Waals surface area contributed by atoms with Crippen LogP contribution in [0.2, 0.25) is 0 Å². The van der Waals surface area contributed by atoms with E-state index in [0.717, 1.165) is 6.54 Å². The summed E-state index contributed by atoms with van der Waals surface area (Å²) in [6.07, 6.45) is 2.12. The van der Waals surface area contributed by atoms with Crippen LogP contribution in [0.25, 0.3) is 0 Å². The number of sulfone groups is 1. The van der Waals surface area contributed by atoms with Crippen LogP contribution in [0.3, 0.4) is 0 Å². The molecule has 1 unspecified atom stereocenters. The van der Waals surface area contributed by atoms with E-state index in [2.05, 4.69) is 15.3 Å². The van der Waals surface area contributed by atoms with E-state index in [4.69, 9.17) is 0 Å². The second-order valence-electron chi connectivity index (χ2n) is 3.64. The molecule has 0 spiro atoms. The fourth-order valence-corrected chi connectivity index (χ4v) is 3.15. The van der Waals surface area contributed by atoms with Crippen LogP contribution in [0, 0.1) is 6.92 Å². The largest absolute Gasteiger partial charge is 0.315 e. The van der Waals surface area contributed by atoms with Gasteiger partial charge in [-0.1, -0.05) is 0 Å². The van der Waals surface area contributed by atoms with Crippen LogP contribution in [0.15, 0.2) is 17.4 Å². The number of aryl methyl sites for hydroxylation is 1. The van der Waals surface area contributed by atoms with Gasteiger partial charge in [0.2, 0.25) is 15.0 Å². The van der Waals surface area contributed by atoms with Crippen molar-refractivity contribution in [1.82, 2.24) is 15.3 Å². The zero-order chi connectivity index (χ0) is 10.9. The van der Waals surface area contributed by atoms with Crippen LogP contribution >= 0.6 is 0 Å². The number of aromatic nitrogens is 2. The van der Waals surface area contributed by atoms with Gasteiger partial charge in [-0.25, -0.2) is 18.4 Å². The summed E-state index contributed by atoms with van der Waals surface area (Å²) in [6.45, 7) is 3.00. The molecule has 1 atom stereocenters. The summed E-state index contributed by atoms with van der Waals surface area (Å²) in [4.78, 5) is 7.79. The van der Waals surface area contributed by atoms with Gasteiger partial charge in [0.05, 0.1) is 5.25 Å². The summed E-state index contributed by atoms with van der Waals surface area (Å²) in [6, 6.07) is 1.69. The van der Waals surface area contributed by atoms with E-state index in [1.54, 1.807) is 13.0 Å². The molecule has 0 radical (unpaired) electrons. The Kier molecular flexibility index (Phi) is 2.70. The highest BCUT2D eigenvalue weighted by molar-refractivity contribution is 7.91. The summed E-state index contributed by atoms with van der Waals surface area (Å²) >= 11 is 0. The predicted molar refractivity (Wildman–Crippen MR) is 55.2 cm³/mol. The topological polar surface area (TPSA) is 72.0 Å². The maximum Gasteiger partial charge on any atom is 0.247 e. The van der Waals surface area contributed by atoms with Crippen molar-refractivity contribution >= 4 is 9.84 Å². The molecule has 82 valence electrons. The lowest BCUT2D eigenvalue weighted by Crippen LogP contribution is -2.25. The minimum atomic E-state index is -3.35. The summed E-state index contributed by atoms with van der Waals surface area (Å²) in [5.41, 5.74) is 0.675. The van der Waals surface area contributed by atoms with Crippen molar-refractivity contribution in [2.45, 2.75) is 23.8 Å². The monoisotopic (exact) mass is 227 g/mol. The molecule has 1 aromatic rings. The van der Waals surface area contributed by atoms with Gasteiger partial charge in [-0.3, -0.25) is 0 Å². The van der Waals surface area contributed by atoms with Crippen molar-refractivity contribution < 1.29 is 8.42 Å². The van der Waals surface area contributed by atoms with E-state index >= 15 is 0 Å². The first kappa shape index (κ1) is 10.5. The van der Waals surface area contributed by atoms with Crippen molar-refractivity contribution in [1.29, 1.82) is 0 Å². The van der Waals surface area contributed by atoms with Gasteiger partial charge < -0.3 is 5.32 Å². The zero-order valence-corrected chi connectivity index (χ0v) is 9.29. The Morgan fingerprint density at radius 3 is 2.93 bits per heavy atom. The maximum absolute atomic E-state index is 12.0. The highest BCUT2D eigenvalue weighted by atomic mass is 32.2. The second-order valence-corrected chi connectivity index (χ2v) is 5.76. The first-order valence-electron chi connectivity index (χ1n) is 4.85. The quantitative estimate of drug-likeness (QED) is 0.715. The summed E-state index contributed by atoms with van der Waals surface area (Å²) in [7, 11) is -3.35. The van der Waals surface area contributed by atoms with E-state index in [1.165, 1.54) is 6.20 Å². The molecule has 1 aromatic heterocycles. The molecule has 1 aliphatic rings. The van der Waals surface area contributed by atoms with Gasteiger partial charge in [0.1, 0.15) is 0 Å². The molecule has 0 saturated carbocycles. The molecule has 0 amide bonds. The van der Waals surface area contributed by atoms with E-state index in [0.29, 0.717) is 18.7 Å². The highest BCUT2D eigenvalue weighted by Crippen LogP contribution is 2.16. The van der Waals surface area contributed by atoms with Gasteiger partial charge >= 0.3 is 0 Å². The summed E-state index contributed by atoms with van der Waals surface area (Å²) in [5.74, 6) is 0. The Labute approximate surface area is 88.9 Å². The Morgan fingerprint density at radius 1 is 1.53 bits per heavy atom. The number of rotatable bonds is 2. The van der Waals surface area contributed by atoms with Crippen LogP contribution in [-0.4, -0.2) is 36.7 Å². The fraction of sp³-hybridized carbons (Fsp3) is 0.556. The molecule has 5 nitrogen and oxygen atoms in total. The third-order valence-corrected chi connectivity index (χ3v) is 4.47. The van der Waals surface area contributed by atoms with Crippen LogP contribution in [0.5, 0.6) is 0 Å². The number of nitrogens with one attached hydrogen (secondary N) is 1. The average Bonchev–Trinajstić information content (AvgIpc) is 2.71. The average molecular weight is 227 g/mol. The Morgan fingerprint density at radius 2 is 2.33 bits per heavy atom. The van der Waals surface area contributed by atoms with Gasteiger partial charge in [0.15, 0.2) is 0 Å². The molecule has 0 bridgehead atoms. The van der Waals surface area contributed by atoms with Gasteiger partial charge in [0, 0.05) is 18.4 Å². The third-order valence-electron chi connectivity index (χ3n) is 2.48.